The standard InChI is InChI=1S/C14H18FN3/c1-9-5-6-11(7-13(9)15)14(16-3)12-8-18(4)17-10(12)2/h5-8,14,16H,1-4H3. The molecule has 0 aliphatic carbocycles. The average Bonchev–Trinajstić information content (AvgIpc) is 2.64. The largest absolute Gasteiger partial charge is 0.309 e. The van der Waals surface area contributed by atoms with E-state index in [1.54, 1.807) is 23.7 Å². The van der Waals surface area contributed by atoms with Gasteiger partial charge in [-0.05, 0) is 38.1 Å². The Morgan fingerprint density at radius 1 is 1.33 bits per heavy atom. The van der Waals surface area contributed by atoms with Crippen LogP contribution >= 0.6 is 0 Å². The van der Waals surface area contributed by atoms with Crippen molar-refractivity contribution < 1.29 is 4.39 Å². The molecule has 0 saturated heterocycles. The van der Waals surface area contributed by atoms with Crippen LogP contribution in [0.3, 0.4) is 0 Å². The Balaban J connectivity index is 2.45. The van der Waals surface area contributed by atoms with Crippen LogP contribution in [-0.4, -0.2) is 16.8 Å². The quantitative estimate of drug-likeness (QED) is 0.903. The van der Waals surface area contributed by atoms with Crippen molar-refractivity contribution in [2.45, 2.75) is 19.9 Å². The Morgan fingerprint density at radius 3 is 2.56 bits per heavy atom. The summed E-state index contributed by atoms with van der Waals surface area (Å²) in [5.74, 6) is -0.172. The van der Waals surface area contributed by atoms with Crippen molar-refractivity contribution in [2.24, 2.45) is 7.05 Å². The molecule has 0 aliphatic heterocycles. The van der Waals surface area contributed by atoms with Gasteiger partial charge in [-0.3, -0.25) is 4.68 Å². The van der Waals surface area contributed by atoms with Gasteiger partial charge in [0.15, 0.2) is 0 Å². The van der Waals surface area contributed by atoms with Gasteiger partial charge in [0, 0.05) is 18.8 Å². The van der Waals surface area contributed by atoms with Crippen molar-refractivity contribution in [2.75, 3.05) is 7.05 Å². The Hall–Kier alpha value is -1.68. The zero-order valence-corrected chi connectivity index (χ0v) is 11.2. The third-order valence-electron chi connectivity index (χ3n) is 3.18. The molecule has 0 aliphatic rings. The summed E-state index contributed by atoms with van der Waals surface area (Å²) < 4.78 is 15.4. The van der Waals surface area contributed by atoms with Crippen LogP contribution in [0.25, 0.3) is 0 Å². The van der Waals surface area contributed by atoms with Crippen molar-refractivity contribution in [1.82, 2.24) is 15.1 Å². The molecule has 18 heavy (non-hydrogen) atoms. The average molecular weight is 247 g/mol. The van der Waals surface area contributed by atoms with Gasteiger partial charge >= 0.3 is 0 Å². The molecule has 4 heteroatoms. The summed E-state index contributed by atoms with van der Waals surface area (Å²) in [6.45, 7) is 3.73. The minimum atomic E-state index is -0.172. The van der Waals surface area contributed by atoms with Gasteiger partial charge in [0.25, 0.3) is 0 Å². The number of nitrogens with zero attached hydrogens (tertiary/aromatic N) is 2. The molecule has 3 nitrogen and oxygen atoms in total. The molecule has 1 aromatic heterocycles. The molecule has 0 radical (unpaired) electrons. The van der Waals surface area contributed by atoms with Crippen LogP contribution in [0.5, 0.6) is 0 Å². The molecular formula is C14H18FN3. The van der Waals surface area contributed by atoms with E-state index in [1.165, 1.54) is 0 Å². The van der Waals surface area contributed by atoms with E-state index in [2.05, 4.69) is 10.4 Å². The summed E-state index contributed by atoms with van der Waals surface area (Å²) in [5.41, 5.74) is 3.61. The Kier molecular flexibility index (Phi) is 3.48. The first-order chi connectivity index (χ1) is 8.52. The summed E-state index contributed by atoms with van der Waals surface area (Å²) in [5, 5.41) is 7.54. The molecule has 0 fully saturated rings. The molecule has 0 bridgehead atoms. The fourth-order valence-corrected chi connectivity index (χ4v) is 2.19. The fraction of sp³-hybridized carbons (Fsp3) is 0.357. The van der Waals surface area contributed by atoms with Gasteiger partial charge in [-0.15, -0.1) is 0 Å². The first kappa shape index (κ1) is 12.8. The maximum atomic E-state index is 13.6. The molecule has 1 unspecified atom stereocenters. The first-order valence-corrected chi connectivity index (χ1v) is 5.96. The molecule has 2 rings (SSSR count). The van der Waals surface area contributed by atoms with Crippen molar-refractivity contribution in [3.05, 3.63) is 52.6 Å². The minimum Gasteiger partial charge on any atom is -0.309 e. The van der Waals surface area contributed by atoms with Gasteiger partial charge in [0.1, 0.15) is 5.82 Å². The number of rotatable bonds is 3. The van der Waals surface area contributed by atoms with Crippen molar-refractivity contribution in [3.8, 4) is 0 Å². The maximum absolute atomic E-state index is 13.6. The summed E-state index contributed by atoms with van der Waals surface area (Å²) >= 11 is 0. The van der Waals surface area contributed by atoms with Gasteiger partial charge in [-0.1, -0.05) is 12.1 Å². The number of aromatic nitrogens is 2. The molecule has 0 amide bonds. The van der Waals surface area contributed by atoms with Crippen LogP contribution in [0.4, 0.5) is 4.39 Å². The summed E-state index contributed by atoms with van der Waals surface area (Å²) in [6.07, 6.45) is 1.97. The van der Waals surface area contributed by atoms with E-state index in [0.29, 0.717) is 5.56 Å². The Morgan fingerprint density at radius 2 is 2.06 bits per heavy atom. The van der Waals surface area contributed by atoms with Crippen molar-refractivity contribution in [3.63, 3.8) is 0 Å². The van der Waals surface area contributed by atoms with Gasteiger partial charge < -0.3 is 5.32 Å². The van der Waals surface area contributed by atoms with Crippen molar-refractivity contribution >= 4 is 0 Å². The van der Waals surface area contributed by atoms with Crippen LogP contribution < -0.4 is 5.32 Å². The van der Waals surface area contributed by atoms with E-state index in [9.17, 15) is 4.39 Å². The topological polar surface area (TPSA) is 29.9 Å². The van der Waals surface area contributed by atoms with E-state index < -0.39 is 0 Å². The zero-order chi connectivity index (χ0) is 13.3. The van der Waals surface area contributed by atoms with Crippen LogP contribution in [0.2, 0.25) is 0 Å². The molecule has 1 aromatic carbocycles. The van der Waals surface area contributed by atoms with Gasteiger partial charge in [-0.25, -0.2) is 4.39 Å². The fourth-order valence-electron chi connectivity index (χ4n) is 2.19. The van der Waals surface area contributed by atoms with Crippen LogP contribution in [-0.2, 0) is 7.05 Å². The van der Waals surface area contributed by atoms with Crippen molar-refractivity contribution in [1.29, 1.82) is 0 Å². The van der Waals surface area contributed by atoms with E-state index >= 15 is 0 Å². The molecule has 2 aromatic rings. The number of hydrogen-bond donors (Lipinski definition) is 1. The van der Waals surface area contributed by atoms with Gasteiger partial charge in [0.2, 0.25) is 0 Å². The smallest absolute Gasteiger partial charge is 0.126 e. The predicted octanol–water partition coefficient (Wildman–Crippen LogP) is 2.48. The number of hydrogen-bond acceptors (Lipinski definition) is 2. The highest BCUT2D eigenvalue weighted by molar-refractivity contribution is 5.34. The lowest BCUT2D eigenvalue weighted by Gasteiger charge is -2.16. The van der Waals surface area contributed by atoms with E-state index in [0.717, 1.165) is 16.8 Å². The van der Waals surface area contributed by atoms with Crippen LogP contribution in [0, 0.1) is 19.7 Å². The number of nitrogens with one attached hydrogen (secondary N) is 1. The molecule has 0 saturated carbocycles. The normalized spacial score (nSPS) is 12.7. The third-order valence-corrected chi connectivity index (χ3v) is 3.18. The molecule has 1 N–H and O–H groups in total. The zero-order valence-electron chi connectivity index (χ0n) is 11.2. The van der Waals surface area contributed by atoms with E-state index in [-0.39, 0.29) is 11.9 Å². The maximum Gasteiger partial charge on any atom is 0.126 e. The van der Waals surface area contributed by atoms with Gasteiger partial charge in [0.05, 0.1) is 11.7 Å². The molecular weight excluding hydrogens is 229 g/mol. The highest BCUT2D eigenvalue weighted by Gasteiger charge is 2.17. The highest BCUT2D eigenvalue weighted by atomic mass is 19.1. The summed E-state index contributed by atoms with van der Waals surface area (Å²) in [7, 11) is 3.76. The predicted molar refractivity (Wildman–Crippen MR) is 70.0 cm³/mol. The Labute approximate surface area is 107 Å². The molecule has 1 atom stereocenters. The molecule has 0 spiro atoms. The van der Waals surface area contributed by atoms with Gasteiger partial charge in [-0.2, -0.15) is 5.10 Å². The Bertz CT molecular complexity index is 560. The van der Waals surface area contributed by atoms with Crippen LogP contribution in [0.1, 0.15) is 28.4 Å². The highest BCUT2D eigenvalue weighted by Crippen LogP contribution is 2.25. The SMILES string of the molecule is CNC(c1ccc(C)c(F)c1)c1cn(C)nc1C. The molecule has 96 valence electrons. The first-order valence-electron chi connectivity index (χ1n) is 5.96. The lowest BCUT2D eigenvalue weighted by atomic mass is 9.98. The number of aryl methyl sites for hydroxylation is 3. The lowest BCUT2D eigenvalue weighted by molar-refractivity contribution is 0.608. The second kappa shape index (κ2) is 4.90. The van der Waals surface area contributed by atoms with E-state index in [4.69, 9.17) is 0 Å². The third kappa shape index (κ3) is 2.29. The monoisotopic (exact) mass is 247 g/mol. The lowest BCUT2D eigenvalue weighted by Crippen LogP contribution is -2.18. The second-order valence-corrected chi connectivity index (χ2v) is 4.57. The summed E-state index contributed by atoms with van der Waals surface area (Å²) in [4.78, 5) is 0. The number of halogens is 1. The van der Waals surface area contributed by atoms with Crippen LogP contribution in [0.15, 0.2) is 24.4 Å². The minimum absolute atomic E-state index is 0.0335. The van der Waals surface area contributed by atoms with E-state index in [1.807, 2.05) is 33.3 Å². The second-order valence-electron chi connectivity index (χ2n) is 4.57. The number of benzene rings is 1. The molecule has 1 heterocycles. The summed E-state index contributed by atoms with van der Waals surface area (Å²) in [6, 6.07) is 5.31.